The van der Waals surface area contributed by atoms with Crippen LogP contribution in [0.5, 0.6) is 0 Å². The lowest BCUT2D eigenvalue weighted by atomic mass is 10.0. The standard InChI is InChI=1S/C18H22N4O2S/c1-12-5-4-6-14(17(19-2)22-23-3)15(12)11-24-21-16(13-7-8-13)18-20-9-10-25-18/h4-6,9-10,13H,7-8,11H2,1-3H3,(H,19,22)/b21-16+. The molecule has 2 aromatic rings. The smallest absolute Gasteiger partial charge is 0.152 e. The number of aromatic nitrogens is 1. The highest BCUT2D eigenvalue weighted by Crippen LogP contribution is 2.34. The number of aliphatic imine (C=N–C) groups is 1. The molecule has 1 aromatic carbocycles. The van der Waals surface area contributed by atoms with Crippen molar-refractivity contribution in [1.82, 2.24) is 10.5 Å². The molecule has 0 saturated heterocycles. The first-order chi connectivity index (χ1) is 12.2. The van der Waals surface area contributed by atoms with Crippen LogP contribution in [0.15, 0.2) is 39.9 Å². The lowest BCUT2D eigenvalue weighted by Crippen LogP contribution is -2.24. The Morgan fingerprint density at radius 1 is 1.40 bits per heavy atom. The van der Waals surface area contributed by atoms with Crippen LogP contribution in [0.3, 0.4) is 0 Å². The van der Waals surface area contributed by atoms with Gasteiger partial charge in [0.1, 0.15) is 17.3 Å². The first-order valence-electron chi connectivity index (χ1n) is 8.19. The highest BCUT2D eigenvalue weighted by molar-refractivity contribution is 7.11. The maximum atomic E-state index is 5.73. The van der Waals surface area contributed by atoms with Gasteiger partial charge in [-0.2, -0.15) is 0 Å². The van der Waals surface area contributed by atoms with Gasteiger partial charge in [-0.1, -0.05) is 23.4 Å². The van der Waals surface area contributed by atoms with Gasteiger partial charge in [-0.25, -0.2) is 10.5 Å². The molecule has 0 unspecified atom stereocenters. The number of rotatable bonds is 7. The number of amidine groups is 1. The maximum Gasteiger partial charge on any atom is 0.152 e. The van der Waals surface area contributed by atoms with Crippen molar-refractivity contribution in [1.29, 1.82) is 0 Å². The molecule has 0 atom stereocenters. The minimum atomic E-state index is 0.369. The SMILES string of the molecule is CN=C(NOC)c1cccc(C)c1CO/N=C(/c1nccs1)C1CC1. The zero-order valence-electron chi connectivity index (χ0n) is 14.7. The first kappa shape index (κ1) is 17.6. The van der Waals surface area contributed by atoms with Crippen LogP contribution in [0, 0.1) is 12.8 Å². The van der Waals surface area contributed by atoms with E-state index in [0.717, 1.165) is 40.3 Å². The van der Waals surface area contributed by atoms with E-state index >= 15 is 0 Å². The molecule has 132 valence electrons. The zero-order valence-corrected chi connectivity index (χ0v) is 15.5. The summed E-state index contributed by atoms with van der Waals surface area (Å²) < 4.78 is 0. The number of hydrogen-bond donors (Lipinski definition) is 1. The highest BCUT2D eigenvalue weighted by Gasteiger charge is 2.30. The van der Waals surface area contributed by atoms with Crippen molar-refractivity contribution in [2.75, 3.05) is 14.2 Å². The molecular weight excluding hydrogens is 336 g/mol. The molecule has 1 fully saturated rings. The van der Waals surface area contributed by atoms with Crippen LogP contribution < -0.4 is 5.48 Å². The first-order valence-corrected chi connectivity index (χ1v) is 9.07. The molecule has 7 heteroatoms. The predicted octanol–water partition coefficient (Wildman–Crippen LogP) is 3.31. The van der Waals surface area contributed by atoms with E-state index < -0.39 is 0 Å². The van der Waals surface area contributed by atoms with Crippen molar-refractivity contribution in [2.45, 2.75) is 26.4 Å². The van der Waals surface area contributed by atoms with Crippen molar-refractivity contribution in [3.8, 4) is 0 Å². The Morgan fingerprint density at radius 2 is 2.24 bits per heavy atom. The monoisotopic (exact) mass is 358 g/mol. The Morgan fingerprint density at radius 3 is 2.88 bits per heavy atom. The third kappa shape index (κ3) is 4.24. The summed E-state index contributed by atoms with van der Waals surface area (Å²) in [5.41, 5.74) is 6.88. The molecule has 1 saturated carbocycles. The average Bonchev–Trinajstić information content (AvgIpc) is 3.31. The van der Waals surface area contributed by atoms with Gasteiger partial charge in [0.2, 0.25) is 0 Å². The second-order valence-electron chi connectivity index (χ2n) is 5.84. The van der Waals surface area contributed by atoms with E-state index in [-0.39, 0.29) is 0 Å². The third-order valence-electron chi connectivity index (χ3n) is 4.07. The van der Waals surface area contributed by atoms with E-state index in [9.17, 15) is 0 Å². The van der Waals surface area contributed by atoms with Crippen molar-refractivity contribution < 1.29 is 9.68 Å². The Balaban J connectivity index is 1.80. The largest absolute Gasteiger partial charge is 0.391 e. The van der Waals surface area contributed by atoms with E-state index in [2.05, 4.69) is 33.6 Å². The maximum absolute atomic E-state index is 5.73. The summed E-state index contributed by atoms with van der Waals surface area (Å²) in [4.78, 5) is 19.4. The Kier molecular flexibility index (Phi) is 5.78. The number of benzene rings is 1. The van der Waals surface area contributed by atoms with E-state index in [1.54, 1.807) is 31.7 Å². The van der Waals surface area contributed by atoms with E-state index in [1.165, 1.54) is 0 Å². The van der Waals surface area contributed by atoms with Crippen molar-refractivity contribution in [2.24, 2.45) is 16.1 Å². The van der Waals surface area contributed by atoms with Gasteiger partial charge in [0.25, 0.3) is 0 Å². The van der Waals surface area contributed by atoms with Gasteiger partial charge < -0.3 is 4.84 Å². The quantitative estimate of drug-likeness (QED) is 0.468. The van der Waals surface area contributed by atoms with Gasteiger partial charge in [0.05, 0.1) is 7.11 Å². The van der Waals surface area contributed by atoms with Gasteiger partial charge in [0, 0.05) is 35.7 Å². The van der Waals surface area contributed by atoms with Gasteiger partial charge in [-0.3, -0.25) is 9.83 Å². The Hall–Kier alpha value is -2.25. The average molecular weight is 358 g/mol. The Labute approximate surface area is 151 Å². The van der Waals surface area contributed by atoms with Crippen LogP contribution >= 0.6 is 11.3 Å². The summed E-state index contributed by atoms with van der Waals surface area (Å²) in [5, 5.41) is 7.32. The summed E-state index contributed by atoms with van der Waals surface area (Å²) in [7, 11) is 3.29. The number of thiazole rings is 1. The topological polar surface area (TPSA) is 68.1 Å². The Bertz CT molecular complexity index is 767. The lowest BCUT2D eigenvalue weighted by molar-refractivity contribution is 0.128. The molecule has 0 aliphatic heterocycles. The fourth-order valence-corrected chi connectivity index (χ4v) is 3.29. The van der Waals surface area contributed by atoms with Crippen LogP contribution in [-0.2, 0) is 16.3 Å². The van der Waals surface area contributed by atoms with Crippen molar-refractivity contribution in [3.63, 3.8) is 0 Å². The van der Waals surface area contributed by atoms with Crippen molar-refractivity contribution in [3.05, 3.63) is 51.5 Å². The minimum absolute atomic E-state index is 0.369. The summed E-state index contributed by atoms with van der Waals surface area (Å²) in [6.07, 6.45) is 4.11. The fourth-order valence-electron chi connectivity index (χ4n) is 2.59. The minimum Gasteiger partial charge on any atom is -0.391 e. The fraction of sp³-hybridized carbons (Fsp3) is 0.389. The molecule has 0 amide bonds. The lowest BCUT2D eigenvalue weighted by Gasteiger charge is -2.14. The molecule has 3 rings (SSSR count). The van der Waals surface area contributed by atoms with Crippen LogP contribution in [0.2, 0.25) is 0 Å². The van der Waals surface area contributed by atoms with Crippen LogP contribution in [0.25, 0.3) is 0 Å². The van der Waals surface area contributed by atoms with Gasteiger partial charge >= 0.3 is 0 Å². The summed E-state index contributed by atoms with van der Waals surface area (Å²) in [5.74, 6) is 1.14. The molecule has 1 heterocycles. The molecule has 6 nitrogen and oxygen atoms in total. The van der Waals surface area contributed by atoms with Gasteiger partial charge in [-0.05, 0) is 25.3 Å². The van der Waals surface area contributed by atoms with E-state index in [0.29, 0.717) is 18.4 Å². The van der Waals surface area contributed by atoms with Gasteiger partial charge in [-0.15, -0.1) is 11.3 Å². The molecule has 0 spiro atoms. The molecule has 1 aromatic heterocycles. The van der Waals surface area contributed by atoms with Crippen molar-refractivity contribution >= 4 is 22.9 Å². The third-order valence-corrected chi connectivity index (χ3v) is 4.87. The molecular formula is C18H22N4O2S. The van der Waals surface area contributed by atoms with E-state index in [4.69, 9.17) is 9.68 Å². The molecule has 25 heavy (non-hydrogen) atoms. The number of hydroxylamine groups is 1. The molecule has 0 radical (unpaired) electrons. The molecule has 1 N–H and O–H groups in total. The van der Waals surface area contributed by atoms with Gasteiger partial charge in [0.15, 0.2) is 5.84 Å². The second-order valence-corrected chi connectivity index (χ2v) is 6.74. The summed E-state index contributed by atoms with van der Waals surface area (Å²) >= 11 is 1.60. The number of nitrogens with zero attached hydrogens (tertiary/aromatic N) is 3. The number of nitrogens with one attached hydrogen (secondary N) is 1. The zero-order chi connectivity index (χ0) is 17.6. The van der Waals surface area contributed by atoms with Crippen LogP contribution in [-0.4, -0.2) is 30.7 Å². The molecule has 1 aliphatic rings. The van der Waals surface area contributed by atoms with E-state index in [1.807, 2.05) is 17.5 Å². The number of hydrogen-bond acceptors (Lipinski definition) is 6. The molecule has 0 bridgehead atoms. The molecule has 1 aliphatic carbocycles. The normalized spacial score (nSPS) is 15.3. The van der Waals surface area contributed by atoms with Crippen LogP contribution in [0.1, 0.15) is 34.5 Å². The predicted molar refractivity (Wildman–Crippen MR) is 99.9 cm³/mol. The summed E-state index contributed by atoms with van der Waals surface area (Å²) in [6.45, 7) is 2.42. The number of oxime groups is 1. The van der Waals surface area contributed by atoms with Crippen LogP contribution in [0.4, 0.5) is 0 Å². The number of aryl methyl sites for hydroxylation is 1. The highest BCUT2D eigenvalue weighted by atomic mass is 32.1. The summed E-state index contributed by atoms with van der Waals surface area (Å²) in [6, 6.07) is 6.03. The second kappa shape index (κ2) is 8.22.